The molecule has 8 nitrogen and oxygen atoms in total. The van der Waals surface area contributed by atoms with Gasteiger partial charge >= 0.3 is 16.8 Å². The number of carbonyl (C=O) groups is 2. The molecule has 3 aromatic rings. The van der Waals surface area contributed by atoms with E-state index in [0.717, 1.165) is 73.2 Å². The van der Waals surface area contributed by atoms with Gasteiger partial charge in [0.2, 0.25) is 0 Å². The number of aliphatic imine (C=N–C) groups is 2. The maximum absolute atomic E-state index is 10.5. The first-order valence-electron chi connectivity index (χ1n) is 13.2. The van der Waals surface area contributed by atoms with Gasteiger partial charge in [-0.15, -0.1) is 0 Å². The summed E-state index contributed by atoms with van der Waals surface area (Å²) < 4.78 is 0. The molecule has 0 heterocycles. The number of benzene rings is 3. The van der Waals surface area contributed by atoms with Crippen molar-refractivity contribution in [2.24, 2.45) is 9.98 Å². The third-order valence-electron chi connectivity index (χ3n) is 5.67. The third kappa shape index (κ3) is 13.3. The molecule has 0 amide bonds. The van der Waals surface area contributed by atoms with E-state index >= 15 is 0 Å². The number of hydrogen-bond acceptors (Lipinski definition) is 8. The van der Waals surface area contributed by atoms with E-state index in [1.54, 1.807) is 12.4 Å². The van der Waals surface area contributed by atoms with Gasteiger partial charge in [0.1, 0.15) is 11.5 Å². The number of rotatable bonds is 8. The molecule has 2 N–H and O–H groups in total. The molecule has 0 spiro atoms. The number of carboxylic acid groups (broad SMARTS) is 2. The summed E-state index contributed by atoms with van der Waals surface area (Å²) in [5.74, 6) is -1.58. The molecule has 3 rings (SSSR count). The molecule has 0 aliphatic heterocycles. The Morgan fingerprint density at radius 1 is 0.683 bits per heavy atom. The van der Waals surface area contributed by atoms with Crippen molar-refractivity contribution in [3.05, 3.63) is 81.9 Å². The Bertz CT molecular complexity index is 1250. The minimum Gasteiger partial charge on any atom is -0.550 e. The summed E-state index contributed by atoms with van der Waals surface area (Å²) in [5.41, 5.74) is 7.18. The molecule has 0 atom stereocenters. The number of carbonyl (C=O) groups excluding carboxylic acids is 2. The topological polar surface area (TPSA) is 145 Å². The monoisotopic (exact) mass is 605 g/mol. The number of nitrogens with zero attached hydrogens (tertiary/aromatic N) is 2. The Morgan fingerprint density at radius 2 is 1.02 bits per heavy atom. The Hall–Kier alpha value is -3.95. The van der Waals surface area contributed by atoms with Crippen LogP contribution in [0.5, 0.6) is 11.5 Å². The second-order valence-corrected chi connectivity index (χ2v) is 8.82. The zero-order chi connectivity index (χ0) is 30.2. The van der Waals surface area contributed by atoms with Crippen LogP contribution in [0.3, 0.4) is 0 Å². The number of aliphatic carboxylic acids is 2. The van der Waals surface area contributed by atoms with Gasteiger partial charge in [0.15, 0.2) is 0 Å². The van der Waals surface area contributed by atoms with Gasteiger partial charge in [-0.3, -0.25) is 9.98 Å². The van der Waals surface area contributed by atoms with E-state index < -0.39 is 11.9 Å². The van der Waals surface area contributed by atoms with E-state index in [-0.39, 0.29) is 16.8 Å². The maximum atomic E-state index is 10.5. The summed E-state index contributed by atoms with van der Waals surface area (Å²) in [6.07, 6.45) is 6.78. The van der Waals surface area contributed by atoms with Gasteiger partial charge in [0.25, 0.3) is 0 Å². The summed E-state index contributed by atoms with van der Waals surface area (Å²) in [7, 11) is 0. The first kappa shape index (κ1) is 37.0. The van der Waals surface area contributed by atoms with E-state index in [9.17, 15) is 10.2 Å². The van der Waals surface area contributed by atoms with Gasteiger partial charge in [-0.05, 0) is 92.1 Å². The number of aryl methyl sites for hydroxylation is 4. The Labute approximate surface area is 252 Å². The molecule has 0 aromatic heterocycles. The van der Waals surface area contributed by atoms with Crippen LogP contribution >= 0.6 is 0 Å². The molecule has 0 saturated heterocycles. The quantitative estimate of drug-likeness (QED) is 0.365. The summed E-state index contributed by atoms with van der Waals surface area (Å²) in [4.78, 5) is 26.9. The zero-order valence-corrected chi connectivity index (χ0v) is 25.4. The summed E-state index contributed by atoms with van der Waals surface area (Å²) in [5, 5.41) is 38.8. The van der Waals surface area contributed by atoms with Gasteiger partial charge < -0.3 is 30.0 Å². The number of phenolic OH excluding ortho intramolecular Hbond substituents is 2. The minimum atomic E-state index is -1.08. The second kappa shape index (κ2) is 19.2. The second-order valence-electron chi connectivity index (χ2n) is 8.82. The molecule has 3 aromatic carbocycles. The summed E-state index contributed by atoms with van der Waals surface area (Å²) in [6, 6.07) is 15.7. The van der Waals surface area contributed by atoms with Crippen molar-refractivity contribution >= 4 is 35.7 Å². The summed E-state index contributed by atoms with van der Waals surface area (Å²) in [6.45, 7) is 10.2. The van der Waals surface area contributed by atoms with Crippen molar-refractivity contribution < 1.29 is 46.8 Å². The SMILES string of the molecule is CC(=O)[O-].CC(=O)[O-].CCc1cc(C=Nc2cccc(N=Cc3cc(CC)cc(CC)c3O)c2)c(O)c(CC)c1.[Co+2]. The normalized spacial score (nSPS) is 10.3. The Kier molecular flexibility index (Phi) is 17.3. The van der Waals surface area contributed by atoms with Crippen LogP contribution in [-0.4, -0.2) is 34.6 Å². The molecular weight excluding hydrogens is 567 g/mol. The van der Waals surface area contributed by atoms with Crippen molar-refractivity contribution in [1.82, 2.24) is 0 Å². The van der Waals surface area contributed by atoms with E-state index in [1.165, 1.54) is 11.1 Å². The Morgan fingerprint density at radius 3 is 1.32 bits per heavy atom. The van der Waals surface area contributed by atoms with Crippen molar-refractivity contribution in [3.63, 3.8) is 0 Å². The van der Waals surface area contributed by atoms with Crippen molar-refractivity contribution in [2.75, 3.05) is 0 Å². The standard InChI is InChI=1S/C28H32N2O2.2C2H4O2.Co/c1-5-19-12-21(7-3)27(31)23(14-19)17-29-25-10-9-11-26(16-25)30-18-24-15-20(6-2)13-22(8-4)28(24)32;2*1-2(3)4;/h9-18,31-32H,5-8H2,1-4H3;2*1H3,(H,3,4);/q;;;+2/p-2. The predicted molar refractivity (Wildman–Crippen MR) is 156 cm³/mol. The zero-order valence-electron chi connectivity index (χ0n) is 24.4. The van der Waals surface area contributed by atoms with Crippen molar-refractivity contribution in [2.45, 2.75) is 67.2 Å². The molecule has 0 saturated carbocycles. The fraction of sp³-hybridized carbons (Fsp3) is 0.312. The molecule has 9 heteroatoms. The fourth-order valence-electron chi connectivity index (χ4n) is 3.66. The van der Waals surface area contributed by atoms with Gasteiger partial charge in [-0.2, -0.15) is 0 Å². The maximum Gasteiger partial charge on any atom is 2.00 e. The fourth-order valence-corrected chi connectivity index (χ4v) is 3.66. The van der Waals surface area contributed by atoms with Gasteiger partial charge in [0.05, 0.1) is 11.4 Å². The van der Waals surface area contributed by atoms with E-state index in [4.69, 9.17) is 19.8 Å². The van der Waals surface area contributed by atoms with Crippen LogP contribution in [0.15, 0.2) is 58.5 Å². The van der Waals surface area contributed by atoms with Gasteiger partial charge in [-0.1, -0.05) is 45.9 Å². The average molecular weight is 606 g/mol. The molecule has 0 bridgehead atoms. The first-order chi connectivity index (χ1) is 18.9. The smallest absolute Gasteiger partial charge is 0.550 e. The van der Waals surface area contributed by atoms with Gasteiger partial charge in [-0.25, -0.2) is 0 Å². The molecule has 41 heavy (non-hydrogen) atoms. The van der Waals surface area contributed by atoms with Crippen LogP contribution < -0.4 is 10.2 Å². The molecule has 221 valence electrons. The number of hydrogen-bond donors (Lipinski definition) is 2. The van der Waals surface area contributed by atoms with Crippen LogP contribution in [0.25, 0.3) is 0 Å². The van der Waals surface area contributed by atoms with Crippen LogP contribution in [-0.2, 0) is 52.1 Å². The molecular formula is C32H38CoN2O6. The predicted octanol–water partition coefficient (Wildman–Crippen LogP) is 4.36. The molecule has 0 unspecified atom stereocenters. The number of carboxylic acids is 2. The average Bonchev–Trinajstić information content (AvgIpc) is 2.91. The number of aromatic hydroxyl groups is 2. The van der Waals surface area contributed by atoms with Crippen LogP contribution in [0.1, 0.15) is 74.9 Å². The van der Waals surface area contributed by atoms with Crippen LogP contribution in [0, 0.1) is 0 Å². The third-order valence-corrected chi connectivity index (χ3v) is 5.67. The molecule has 1 radical (unpaired) electrons. The number of phenols is 2. The van der Waals surface area contributed by atoms with Crippen molar-refractivity contribution in [1.29, 1.82) is 0 Å². The molecule has 0 aliphatic rings. The molecule has 0 aliphatic carbocycles. The minimum absolute atomic E-state index is 0. The van der Waals surface area contributed by atoms with E-state index in [1.807, 2.05) is 50.2 Å². The van der Waals surface area contributed by atoms with Crippen molar-refractivity contribution in [3.8, 4) is 11.5 Å². The van der Waals surface area contributed by atoms with Crippen LogP contribution in [0.4, 0.5) is 11.4 Å². The van der Waals surface area contributed by atoms with E-state index in [2.05, 4.69) is 36.0 Å². The summed E-state index contributed by atoms with van der Waals surface area (Å²) >= 11 is 0. The van der Waals surface area contributed by atoms with Gasteiger partial charge in [0, 0.05) is 35.5 Å². The van der Waals surface area contributed by atoms with E-state index in [0.29, 0.717) is 11.5 Å². The molecule has 0 fully saturated rings. The Balaban J connectivity index is 0.00000158. The largest absolute Gasteiger partial charge is 2.00 e. The van der Waals surface area contributed by atoms with Crippen LogP contribution in [0.2, 0.25) is 0 Å². The first-order valence-corrected chi connectivity index (χ1v) is 13.2.